The van der Waals surface area contributed by atoms with Crippen LogP contribution in [0.4, 0.5) is 4.39 Å². The van der Waals surface area contributed by atoms with Crippen molar-refractivity contribution in [2.75, 3.05) is 6.54 Å². The van der Waals surface area contributed by atoms with Crippen molar-refractivity contribution in [3.63, 3.8) is 0 Å². The van der Waals surface area contributed by atoms with Crippen LogP contribution in [-0.2, 0) is 6.42 Å². The van der Waals surface area contributed by atoms with Crippen molar-refractivity contribution >= 4 is 0 Å². The minimum Gasteiger partial charge on any atom is -0.508 e. The highest BCUT2D eigenvalue weighted by atomic mass is 19.1. The Hall–Kier alpha value is -1.29. The lowest BCUT2D eigenvalue weighted by atomic mass is 9.97. The summed E-state index contributed by atoms with van der Waals surface area (Å²) in [6, 6.07) is 2.58. The van der Waals surface area contributed by atoms with E-state index < -0.39 is 11.6 Å². The summed E-state index contributed by atoms with van der Waals surface area (Å²) in [5, 5.41) is 22.2. The van der Waals surface area contributed by atoms with Gasteiger partial charge in [0.05, 0.1) is 0 Å². The van der Waals surface area contributed by atoms with Gasteiger partial charge in [-0.3, -0.25) is 0 Å². The van der Waals surface area contributed by atoms with Gasteiger partial charge in [0.15, 0.2) is 11.6 Å². The highest BCUT2D eigenvalue weighted by Crippen LogP contribution is 2.27. The molecule has 0 aliphatic carbocycles. The van der Waals surface area contributed by atoms with E-state index in [1.807, 2.05) is 0 Å². The lowest BCUT2D eigenvalue weighted by Gasteiger charge is -2.23. The van der Waals surface area contributed by atoms with E-state index in [1.165, 1.54) is 18.9 Å². The summed E-state index contributed by atoms with van der Waals surface area (Å²) in [7, 11) is 0. The van der Waals surface area contributed by atoms with Crippen LogP contribution in [0.15, 0.2) is 12.1 Å². The molecule has 1 aliphatic rings. The van der Waals surface area contributed by atoms with Crippen LogP contribution in [0.2, 0.25) is 0 Å². The maximum Gasteiger partial charge on any atom is 0.168 e. The van der Waals surface area contributed by atoms with Gasteiger partial charge in [0.1, 0.15) is 5.75 Å². The van der Waals surface area contributed by atoms with Gasteiger partial charge in [0, 0.05) is 12.1 Å². The van der Waals surface area contributed by atoms with Crippen molar-refractivity contribution in [1.82, 2.24) is 5.32 Å². The zero-order chi connectivity index (χ0) is 11.5. The van der Waals surface area contributed by atoms with Crippen LogP contribution in [0.1, 0.15) is 24.8 Å². The molecule has 1 unspecified atom stereocenters. The first kappa shape index (κ1) is 11.2. The predicted octanol–water partition coefficient (Wildman–Crippen LogP) is 1.92. The van der Waals surface area contributed by atoms with Crippen molar-refractivity contribution in [2.24, 2.45) is 0 Å². The number of piperidine rings is 1. The summed E-state index contributed by atoms with van der Waals surface area (Å²) in [5.74, 6) is -1.26. The van der Waals surface area contributed by atoms with Gasteiger partial charge in [-0.2, -0.15) is 0 Å². The Morgan fingerprint density at radius 3 is 2.75 bits per heavy atom. The number of phenols is 2. The first-order valence-electron chi connectivity index (χ1n) is 5.60. The Morgan fingerprint density at radius 1 is 1.25 bits per heavy atom. The lowest BCUT2D eigenvalue weighted by Crippen LogP contribution is -2.35. The van der Waals surface area contributed by atoms with Crippen molar-refractivity contribution in [2.45, 2.75) is 31.7 Å². The minimum absolute atomic E-state index is 0.0809. The van der Waals surface area contributed by atoms with Gasteiger partial charge >= 0.3 is 0 Å². The van der Waals surface area contributed by atoms with Crippen LogP contribution in [0, 0.1) is 5.82 Å². The summed E-state index contributed by atoms with van der Waals surface area (Å²) in [6.07, 6.45) is 4.03. The Morgan fingerprint density at radius 2 is 2.06 bits per heavy atom. The molecule has 3 N–H and O–H groups in total. The van der Waals surface area contributed by atoms with E-state index in [-0.39, 0.29) is 5.75 Å². The first-order chi connectivity index (χ1) is 7.66. The van der Waals surface area contributed by atoms with Crippen molar-refractivity contribution < 1.29 is 14.6 Å². The van der Waals surface area contributed by atoms with Gasteiger partial charge in [-0.15, -0.1) is 0 Å². The number of phenolic OH excluding ortho intramolecular Hbond substituents is 2. The molecule has 0 aromatic heterocycles. The van der Waals surface area contributed by atoms with Crippen LogP contribution >= 0.6 is 0 Å². The number of aromatic hydroxyl groups is 2. The Balaban J connectivity index is 2.11. The second kappa shape index (κ2) is 4.70. The molecule has 16 heavy (non-hydrogen) atoms. The Kier molecular flexibility index (Phi) is 3.29. The number of hydrogen-bond acceptors (Lipinski definition) is 3. The topological polar surface area (TPSA) is 52.5 Å². The molecule has 3 nitrogen and oxygen atoms in total. The molecule has 2 rings (SSSR count). The molecular weight excluding hydrogens is 209 g/mol. The fourth-order valence-corrected chi connectivity index (χ4v) is 2.12. The zero-order valence-electron chi connectivity index (χ0n) is 9.04. The lowest BCUT2D eigenvalue weighted by molar-refractivity contribution is 0.386. The highest BCUT2D eigenvalue weighted by Gasteiger charge is 2.16. The molecule has 1 aromatic rings. The van der Waals surface area contributed by atoms with Crippen LogP contribution < -0.4 is 5.32 Å². The predicted molar refractivity (Wildman–Crippen MR) is 59.1 cm³/mol. The van der Waals surface area contributed by atoms with E-state index in [0.29, 0.717) is 18.0 Å². The molecule has 1 aliphatic heterocycles. The van der Waals surface area contributed by atoms with Crippen LogP contribution in [-0.4, -0.2) is 22.8 Å². The third-order valence-corrected chi connectivity index (χ3v) is 3.03. The summed E-state index contributed by atoms with van der Waals surface area (Å²) in [5.41, 5.74) is 0.596. The van der Waals surface area contributed by atoms with Gasteiger partial charge < -0.3 is 15.5 Å². The van der Waals surface area contributed by atoms with Crippen molar-refractivity contribution in [3.05, 3.63) is 23.5 Å². The Bertz CT molecular complexity index is 376. The smallest absolute Gasteiger partial charge is 0.168 e. The van der Waals surface area contributed by atoms with E-state index in [2.05, 4.69) is 5.32 Å². The SMILES string of the molecule is Oc1cc(CC2CCCCN2)c(O)cc1F. The van der Waals surface area contributed by atoms with Gasteiger partial charge in [-0.05, 0) is 37.4 Å². The summed E-state index contributed by atoms with van der Waals surface area (Å²) < 4.78 is 12.9. The molecule has 1 aromatic carbocycles. The van der Waals surface area contributed by atoms with Crippen molar-refractivity contribution in [1.29, 1.82) is 0 Å². The number of halogens is 1. The van der Waals surface area contributed by atoms with E-state index in [9.17, 15) is 14.6 Å². The average molecular weight is 225 g/mol. The largest absolute Gasteiger partial charge is 0.508 e. The van der Waals surface area contributed by atoms with Crippen molar-refractivity contribution in [3.8, 4) is 11.5 Å². The molecule has 4 heteroatoms. The fraction of sp³-hybridized carbons (Fsp3) is 0.500. The highest BCUT2D eigenvalue weighted by molar-refractivity contribution is 5.40. The average Bonchev–Trinajstić information content (AvgIpc) is 2.27. The van der Waals surface area contributed by atoms with Gasteiger partial charge in [-0.1, -0.05) is 6.42 Å². The summed E-state index contributed by atoms with van der Waals surface area (Å²) in [4.78, 5) is 0. The molecule has 88 valence electrons. The third-order valence-electron chi connectivity index (χ3n) is 3.03. The van der Waals surface area contributed by atoms with Gasteiger partial charge in [0.2, 0.25) is 0 Å². The normalized spacial score (nSPS) is 20.9. The molecule has 0 radical (unpaired) electrons. The van der Waals surface area contributed by atoms with E-state index in [0.717, 1.165) is 19.0 Å². The number of hydrogen-bond donors (Lipinski definition) is 3. The fourth-order valence-electron chi connectivity index (χ4n) is 2.12. The van der Waals surface area contributed by atoms with E-state index >= 15 is 0 Å². The Labute approximate surface area is 93.9 Å². The maximum atomic E-state index is 12.9. The standard InChI is InChI=1S/C12H16FNO2/c13-10-7-11(15)8(6-12(10)16)5-9-3-1-2-4-14-9/h6-7,9,14-16H,1-5H2. The monoisotopic (exact) mass is 225 g/mol. The number of rotatable bonds is 2. The summed E-state index contributed by atoms with van der Waals surface area (Å²) >= 11 is 0. The number of benzene rings is 1. The first-order valence-corrected chi connectivity index (χ1v) is 5.60. The maximum absolute atomic E-state index is 12.9. The molecular formula is C12H16FNO2. The molecule has 1 atom stereocenters. The van der Waals surface area contributed by atoms with Crippen LogP contribution in [0.5, 0.6) is 11.5 Å². The molecule has 0 saturated carbocycles. The minimum atomic E-state index is -0.780. The zero-order valence-corrected chi connectivity index (χ0v) is 9.04. The molecule has 0 bridgehead atoms. The van der Waals surface area contributed by atoms with Gasteiger partial charge in [-0.25, -0.2) is 4.39 Å². The molecule has 0 amide bonds. The molecule has 1 fully saturated rings. The summed E-state index contributed by atoms with van der Waals surface area (Å²) in [6.45, 7) is 0.985. The quantitative estimate of drug-likeness (QED) is 0.674. The van der Waals surface area contributed by atoms with Crippen LogP contribution in [0.3, 0.4) is 0 Å². The second-order valence-electron chi connectivity index (χ2n) is 4.28. The second-order valence-corrected chi connectivity index (χ2v) is 4.28. The van der Waals surface area contributed by atoms with Crippen LogP contribution in [0.25, 0.3) is 0 Å². The third kappa shape index (κ3) is 2.44. The molecule has 1 heterocycles. The van der Waals surface area contributed by atoms with E-state index in [4.69, 9.17) is 0 Å². The van der Waals surface area contributed by atoms with Gasteiger partial charge in [0.25, 0.3) is 0 Å². The molecule has 1 saturated heterocycles. The molecule has 0 spiro atoms. The number of nitrogens with one attached hydrogen (secondary N) is 1. The van der Waals surface area contributed by atoms with E-state index in [1.54, 1.807) is 0 Å².